The van der Waals surface area contributed by atoms with E-state index in [0.717, 1.165) is 17.9 Å². The predicted octanol–water partition coefficient (Wildman–Crippen LogP) is 4.33. The van der Waals surface area contributed by atoms with Gasteiger partial charge in [-0.2, -0.15) is 11.8 Å². The Bertz CT molecular complexity index is 581. The molecule has 1 aliphatic rings. The van der Waals surface area contributed by atoms with Gasteiger partial charge in [0.15, 0.2) is 0 Å². The number of ether oxygens (including phenoxy) is 1. The minimum absolute atomic E-state index is 0.328. The molecular formula is C20H32N2O2S. The number of carbonyl (C=O) groups is 1. The molecule has 2 rings (SSSR count). The van der Waals surface area contributed by atoms with Crippen LogP contribution >= 0.6 is 11.8 Å². The minimum atomic E-state index is -0.477. The summed E-state index contributed by atoms with van der Waals surface area (Å²) >= 11 is 2.03. The van der Waals surface area contributed by atoms with Crippen molar-refractivity contribution in [2.45, 2.75) is 65.8 Å². The molecule has 1 aromatic carbocycles. The summed E-state index contributed by atoms with van der Waals surface area (Å²) in [7, 11) is 0. The molecule has 0 aromatic heterocycles. The highest BCUT2D eigenvalue weighted by molar-refractivity contribution is 7.99. The standard InChI is InChI=1S/C20H32N2O2S/c1-19(2,3)24-18(23)22-13-16-9-7-6-8-15(16)12-21-17-14-25-11-10-20(17,4)5/h6-9,17,21H,10-14H2,1-5H3,(H,22,23). The van der Waals surface area contributed by atoms with Crippen LogP contribution in [-0.4, -0.2) is 29.2 Å². The molecule has 1 aromatic rings. The Morgan fingerprint density at radius 3 is 2.48 bits per heavy atom. The van der Waals surface area contributed by atoms with E-state index in [-0.39, 0.29) is 6.09 Å². The fourth-order valence-corrected chi connectivity index (χ4v) is 4.53. The van der Waals surface area contributed by atoms with Crippen LogP contribution in [0.15, 0.2) is 24.3 Å². The van der Waals surface area contributed by atoms with Gasteiger partial charge in [-0.15, -0.1) is 0 Å². The van der Waals surface area contributed by atoms with Gasteiger partial charge in [0.25, 0.3) is 0 Å². The Kier molecular flexibility index (Phi) is 6.80. The van der Waals surface area contributed by atoms with Crippen LogP contribution in [0.4, 0.5) is 4.79 Å². The number of alkyl carbamates (subject to hydrolysis) is 1. The molecule has 0 bridgehead atoms. The Morgan fingerprint density at radius 2 is 1.88 bits per heavy atom. The lowest BCUT2D eigenvalue weighted by Gasteiger charge is -2.39. The monoisotopic (exact) mass is 364 g/mol. The highest BCUT2D eigenvalue weighted by Crippen LogP contribution is 2.34. The molecule has 0 aliphatic carbocycles. The third-order valence-electron chi connectivity index (χ3n) is 4.60. The number of amides is 1. The number of benzene rings is 1. The number of hydrogen-bond acceptors (Lipinski definition) is 4. The first-order valence-corrected chi connectivity index (χ1v) is 10.2. The molecule has 1 amide bonds. The Hall–Kier alpha value is -1.20. The summed E-state index contributed by atoms with van der Waals surface area (Å²) in [4.78, 5) is 11.9. The van der Waals surface area contributed by atoms with Crippen LogP contribution < -0.4 is 10.6 Å². The summed E-state index contributed by atoms with van der Waals surface area (Å²) in [5.41, 5.74) is 2.21. The van der Waals surface area contributed by atoms with Crippen molar-refractivity contribution in [3.63, 3.8) is 0 Å². The molecule has 25 heavy (non-hydrogen) atoms. The lowest BCUT2D eigenvalue weighted by molar-refractivity contribution is 0.0523. The van der Waals surface area contributed by atoms with Crippen molar-refractivity contribution in [1.29, 1.82) is 0 Å². The normalized spacial score (nSPS) is 20.1. The van der Waals surface area contributed by atoms with E-state index in [0.29, 0.717) is 18.0 Å². The molecule has 2 N–H and O–H groups in total. The molecule has 0 radical (unpaired) electrons. The first kappa shape index (κ1) is 20.1. The maximum Gasteiger partial charge on any atom is 0.407 e. The van der Waals surface area contributed by atoms with E-state index < -0.39 is 5.60 Å². The van der Waals surface area contributed by atoms with Crippen molar-refractivity contribution in [2.75, 3.05) is 11.5 Å². The maximum absolute atomic E-state index is 11.9. The van der Waals surface area contributed by atoms with Crippen LogP contribution in [0.2, 0.25) is 0 Å². The predicted molar refractivity (Wildman–Crippen MR) is 106 cm³/mol. The zero-order chi connectivity index (χ0) is 18.5. The van der Waals surface area contributed by atoms with Crippen LogP contribution in [0.25, 0.3) is 0 Å². The van der Waals surface area contributed by atoms with Crippen molar-refractivity contribution < 1.29 is 9.53 Å². The van der Waals surface area contributed by atoms with Gasteiger partial charge < -0.3 is 15.4 Å². The van der Waals surface area contributed by atoms with Gasteiger partial charge in [0, 0.05) is 24.9 Å². The molecule has 5 heteroatoms. The summed E-state index contributed by atoms with van der Waals surface area (Å²) in [5, 5.41) is 6.59. The van der Waals surface area contributed by atoms with Gasteiger partial charge in [0.2, 0.25) is 0 Å². The molecule has 4 nitrogen and oxygen atoms in total. The fourth-order valence-electron chi connectivity index (χ4n) is 2.89. The van der Waals surface area contributed by atoms with Crippen LogP contribution in [0, 0.1) is 5.41 Å². The smallest absolute Gasteiger partial charge is 0.407 e. The average Bonchev–Trinajstić information content (AvgIpc) is 2.50. The van der Waals surface area contributed by atoms with Gasteiger partial charge in [-0.05, 0) is 49.5 Å². The highest BCUT2D eigenvalue weighted by Gasteiger charge is 2.32. The zero-order valence-electron chi connectivity index (χ0n) is 16.1. The minimum Gasteiger partial charge on any atom is -0.444 e. The third-order valence-corrected chi connectivity index (χ3v) is 5.66. The summed E-state index contributed by atoms with van der Waals surface area (Å²) in [6.45, 7) is 11.6. The quantitative estimate of drug-likeness (QED) is 0.816. The van der Waals surface area contributed by atoms with Crippen LogP contribution in [0.1, 0.15) is 52.2 Å². The van der Waals surface area contributed by atoms with Crippen molar-refractivity contribution in [1.82, 2.24) is 10.6 Å². The van der Waals surface area contributed by atoms with Gasteiger partial charge in [-0.3, -0.25) is 0 Å². The van der Waals surface area contributed by atoms with Crippen molar-refractivity contribution in [2.24, 2.45) is 5.41 Å². The van der Waals surface area contributed by atoms with Crippen LogP contribution in [-0.2, 0) is 17.8 Å². The van der Waals surface area contributed by atoms with E-state index in [4.69, 9.17) is 4.74 Å². The summed E-state index contributed by atoms with van der Waals surface area (Å²) < 4.78 is 5.31. The average molecular weight is 365 g/mol. The van der Waals surface area contributed by atoms with E-state index >= 15 is 0 Å². The molecule has 140 valence electrons. The number of hydrogen-bond donors (Lipinski definition) is 2. The lowest BCUT2D eigenvalue weighted by atomic mass is 9.82. The van der Waals surface area contributed by atoms with Crippen molar-refractivity contribution in [3.05, 3.63) is 35.4 Å². The van der Waals surface area contributed by atoms with Crippen LogP contribution in [0.3, 0.4) is 0 Å². The van der Waals surface area contributed by atoms with E-state index in [2.05, 4.69) is 42.7 Å². The number of carbonyl (C=O) groups excluding carboxylic acids is 1. The van der Waals surface area contributed by atoms with Gasteiger partial charge in [0.05, 0.1) is 0 Å². The number of rotatable bonds is 5. The number of thioether (sulfide) groups is 1. The SMILES string of the molecule is CC(C)(C)OC(=O)NCc1ccccc1CNC1CSCCC1(C)C. The second kappa shape index (κ2) is 8.45. The van der Waals surface area contributed by atoms with Gasteiger partial charge in [0.1, 0.15) is 5.60 Å². The molecule has 1 aliphatic heterocycles. The third kappa shape index (κ3) is 6.55. The second-order valence-electron chi connectivity index (χ2n) is 8.37. The van der Waals surface area contributed by atoms with E-state index in [1.54, 1.807) is 0 Å². The van der Waals surface area contributed by atoms with E-state index in [1.165, 1.54) is 17.7 Å². The van der Waals surface area contributed by atoms with E-state index in [9.17, 15) is 4.79 Å². The summed E-state index contributed by atoms with van der Waals surface area (Å²) in [5.74, 6) is 2.41. The first-order chi connectivity index (χ1) is 11.7. The molecule has 1 fully saturated rings. The summed E-state index contributed by atoms with van der Waals surface area (Å²) in [6, 6.07) is 8.76. The van der Waals surface area contributed by atoms with E-state index in [1.807, 2.05) is 38.6 Å². The van der Waals surface area contributed by atoms with Gasteiger partial charge in [-0.25, -0.2) is 4.79 Å². The molecule has 1 atom stereocenters. The Morgan fingerprint density at radius 1 is 1.24 bits per heavy atom. The molecular weight excluding hydrogens is 332 g/mol. The summed E-state index contributed by atoms with van der Waals surface area (Å²) in [6.07, 6.45) is 0.872. The Balaban J connectivity index is 1.93. The molecule has 0 saturated carbocycles. The maximum atomic E-state index is 11.9. The molecule has 1 heterocycles. The van der Waals surface area contributed by atoms with Crippen LogP contribution in [0.5, 0.6) is 0 Å². The van der Waals surface area contributed by atoms with Crippen molar-refractivity contribution in [3.8, 4) is 0 Å². The second-order valence-corrected chi connectivity index (χ2v) is 9.52. The van der Waals surface area contributed by atoms with Gasteiger partial charge in [-0.1, -0.05) is 38.1 Å². The molecule has 1 saturated heterocycles. The molecule has 1 unspecified atom stereocenters. The number of nitrogens with one attached hydrogen (secondary N) is 2. The first-order valence-electron chi connectivity index (χ1n) is 9.02. The highest BCUT2D eigenvalue weighted by atomic mass is 32.2. The van der Waals surface area contributed by atoms with Crippen molar-refractivity contribution >= 4 is 17.9 Å². The lowest BCUT2D eigenvalue weighted by Crippen LogP contribution is -2.46. The largest absolute Gasteiger partial charge is 0.444 e. The van der Waals surface area contributed by atoms with Gasteiger partial charge >= 0.3 is 6.09 Å². The zero-order valence-corrected chi connectivity index (χ0v) is 17.0. The topological polar surface area (TPSA) is 50.4 Å². The fraction of sp³-hybridized carbons (Fsp3) is 0.650. The molecule has 0 spiro atoms. The Labute approximate surface area is 156 Å².